The Hall–Kier alpha value is -1.46. The maximum absolute atomic E-state index is 8.82. The Labute approximate surface area is 120 Å². The van der Waals surface area contributed by atoms with Crippen LogP contribution in [0.1, 0.15) is 20.3 Å². The number of methoxy groups -OCH3 is 2. The van der Waals surface area contributed by atoms with Crippen molar-refractivity contribution in [2.45, 2.75) is 25.9 Å². The molecule has 0 aliphatic rings. The molecule has 0 atom stereocenters. The number of benzene rings is 1. The van der Waals surface area contributed by atoms with Crippen LogP contribution >= 0.6 is 0 Å². The third-order valence-corrected chi connectivity index (χ3v) is 3.12. The molecule has 0 heterocycles. The standard InChI is InChI=1S/C15H25NO4/c1-15(2,19-4)7-8-16-12-5-6-13(18-3)14(11-12)20-10-9-17/h5-6,11,16-17H,7-10H2,1-4H3. The second-order valence-electron chi connectivity index (χ2n) is 5.08. The molecule has 0 spiro atoms. The molecule has 1 aromatic rings. The van der Waals surface area contributed by atoms with Crippen molar-refractivity contribution in [1.29, 1.82) is 0 Å². The highest BCUT2D eigenvalue weighted by Crippen LogP contribution is 2.30. The Bertz CT molecular complexity index is 407. The molecule has 0 amide bonds. The zero-order valence-corrected chi connectivity index (χ0v) is 12.7. The summed E-state index contributed by atoms with van der Waals surface area (Å²) in [5, 5.41) is 12.1. The number of ether oxygens (including phenoxy) is 3. The van der Waals surface area contributed by atoms with Gasteiger partial charge in [-0.3, -0.25) is 0 Å². The largest absolute Gasteiger partial charge is 0.493 e. The van der Waals surface area contributed by atoms with E-state index in [1.54, 1.807) is 14.2 Å². The molecule has 1 rings (SSSR count). The van der Waals surface area contributed by atoms with Crippen molar-refractivity contribution in [3.63, 3.8) is 0 Å². The summed E-state index contributed by atoms with van der Waals surface area (Å²) in [6, 6.07) is 5.65. The van der Waals surface area contributed by atoms with Crippen LogP contribution in [0.5, 0.6) is 11.5 Å². The summed E-state index contributed by atoms with van der Waals surface area (Å²) in [5.74, 6) is 1.28. The van der Waals surface area contributed by atoms with E-state index in [4.69, 9.17) is 19.3 Å². The van der Waals surface area contributed by atoms with Gasteiger partial charge in [-0.05, 0) is 32.4 Å². The number of aliphatic hydroxyl groups is 1. The molecule has 0 unspecified atom stereocenters. The molecule has 5 nitrogen and oxygen atoms in total. The van der Waals surface area contributed by atoms with Gasteiger partial charge in [-0.25, -0.2) is 0 Å². The Morgan fingerprint density at radius 2 is 1.95 bits per heavy atom. The first-order valence-corrected chi connectivity index (χ1v) is 6.73. The number of rotatable bonds is 9. The van der Waals surface area contributed by atoms with E-state index >= 15 is 0 Å². The van der Waals surface area contributed by atoms with Crippen molar-refractivity contribution in [3.05, 3.63) is 18.2 Å². The van der Waals surface area contributed by atoms with Crippen molar-refractivity contribution in [1.82, 2.24) is 0 Å². The monoisotopic (exact) mass is 283 g/mol. The molecular formula is C15H25NO4. The van der Waals surface area contributed by atoms with Crippen LogP contribution in [0.25, 0.3) is 0 Å². The van der Waals surface area contributed by atoms with Gasteiger partial charge in [0.1, 0.15) is 6.61 Å². The summed E-state index contributed by atoms with van der Waals surface area (Å²) in [7, 11) is 3.31. The minimum absolute atomic E-state index is 0.0250. The molecule has 0 bridgehead atoms. The van der Waals surface area contributed by atoms with Gasteiger partial charge in [0.05, 0.1) is 19.3 Å². The van der Waals surface area contributed by atoms with Gasteiger partial charge in [0.25, 0.3) is 0 Å². The maximum atomic E-state index is 8.82. The van der Waals surface area contributed by atoms with Crippen molar-refractivity contribution >= 4 is 5.69 Å². The van der Waals surface area contributed by atoms with Crippen LogP contribution in [0.4, 0.5) is 5.69 Å². The molecule has 0 aliphatic carbocycles. The van der Waals surface area contributed by atoms with E-state index in [0.29, 0.717) is 11.5 Å². The normalized spacial score (nSPS) is 11.2. The van der Waals surface area contributed by atoms with E-state index in [1.165, 1.54) is 0 Å². The number of hydrogen-bond acceptors (Lipinski definition) is 5. The molecule has 2 N–H and O–H groups in total. The summed E-state index contributed by atoms with van der Waals surface area (Å²) in [6.07, 6.45) is 0.891. The third-order valence-electron chi connectivity index (χ3n) is 3.12. The maximum Gasteiger partial charge on any atom is 0.163 e. The smallest absolute Gasteiger partial charge is 0.163 e. The first-order valence-electron chi connectivity index (χ1n) is 6.73. The highest BCUT2D eigenvalue weighted by Gasteiger charge is 2.15. The van der Waals surface area contributed by atoms with Gasteiger partial charge in [-0.15, -0.1) is 0 Å². The highest BCUT2D eigenvalue weighted by molar-refractivity contribution is 5.54. The summed E-state index contributed by atoms with van der Waals surface area (Å²) >= 11 is 0. The molecule has 0 fully saturated rings. The van der Waals surface area contributed by atoms with Crippen molar-refractivity contribution in [3.8, 4) is 11.5 Å². The van der Waals surface area contributed by atoms with E-state index in [0.717, 1.165) is 18.7 Å². The second kappa shape index (κ2) is 7.97. The van der Waals surface area contributed by atoms with Gasteiger partial charge in [0, 0.05) is 25.4 Å². The van der Waals surface area contributed by atoms with Gasteiger partial charge >= 0.3 is 0 Å². The van der Waals surface area contributed by atoms with E-state index < -0.39 is 0 Å². The number of anilines is 1. The number of aliphatic hydroxyl groups excluding tert-OH is 1. The lowest BCUT2D eigenvalue weighted by atomic mass is 10.1. The molecule has 0 saturated carbocycles. The predicted octanol–water partition coefficient (Wildman–Crippen LogP) is 2.29. The Morgan fingerprint density at radius 3 is 2.55 bits per heavy atom. The van der Waals surface area contributed by atoms with Crippen LogP contribution in [-0.2, 0) is 4.74 Å². The molecule has 0 saturated heterocycles. The molecular weight excluding hydrogens is 258 g/mol. The summed E-state index contributed by atoms with van der Waals surface area (Å²) < 4.78 is 16.0. The fourth-order valence-electron chi connectivity index (χ4n) is 1.66. The summed E-state index contributed by atoms with van der Waals surface area (Å²) in [6.45, 7) is 5.13. The Kier molecular flexibility index (Phi) is 6.61. The fraction of sp³-hybridized carbons (Fsp3) is 0.600. The third kappa shape index (κ3) is 5.27. The van der Waals surface area contributed by atoms with Gasteiger partial charge in [-0.1, -0.05) is 0 Å². The lowest BCUT2D eigenvalue weighted by molar-refractivity contribution is 0.0185. The first-order chi connectivity index (χ1) is 9.52. The summed E-state index contributed by atoms with van der Waals surface area (Å²) in [5.41, 5.74) is 0.807. The Morgan fingerprint density at radius 1 is 1.20 bits per heavy atom. The molecule has 114 valence electrons. The highest BCUT2D eigenvalue weighted by atomic mass is 16.5. The predicted molar refractivity (Wildman–Crippen MR) is 79.8 cm³/mol. The van der Waals surface area contributed by atoms with Crippen molar-refractivity contribution < 1.29 is 19.3 Å². The molecule has 0 radical (unpaired) electrons. The van der Waals surface area contributed by atoms with Crippen molar-refractivity contribution in [2.75, 3.05) is 39.3 Å². The molecule has 0 aromatic heterocycles. The quantitative estimate of drug-likeness (QED) is 0.728. The number of nitrogens with one attached hydrogen (secondary N) is 1. The zero-order chi connectivity index (χ0) is 15.0. The average Bonchev–Trinajstić information content (AvgIpc) is 2.45. The van der Waals surface area contributed by atoms with Gasteiger partial charge < -0.3 is 24.6 Å². The molecule has 0 aliphatic heterocycles. The molecule has 5 heteroatoms. The lowest BCUT2D eigenvalue weighted by Crippen LogP contribution is -2.25. The van der Waals surface area contributed by atoms with E-state index in [1.807, 2.05) is 18.2 Å². The molecule has 20 heavy (non-hydrogen) atoms. The summed E-state index contributed by atoms with van der Waals surface area (Å²) in [4.78, 5) is 0. The van der Waals surface area contributed by atoms with E-state index in [-0.39, 0.29) is 18.8 Å². The Balaban J connectivity index is 2.62. The minimum Gasteiger partial charge on any atom is -0.493 e. The van der Waals surface area contributed by atoms with Crippen LogP contribution < -0.4 is 14.8 Å². The second-order valence-corrected chi connectivity index (χ2v) is 5.08. The topological polar surface area (TPSA) is 60.0 Å². The van der Waals surface area contributed by atoms with Crippen LogP contribution in [0.3, 0.4) is 0 Å². The van der Waals surface area contributed by atoms with Gasteiger partial charge in [0.2, 0.25) is 0 Å². The van der Waals surface area contributed by atoms with E-state index in [9.17, 15) is 0 Å². The van der Waals surface area contributed by atoms with E-state index in [2.05, 4.69) is 19.2 Å². The fourth-order valence-corrected chi connectivity index (χ4v) is 1.66. The van der Waals surface area contributed by atoms with Crippen molar-refractivity contribution in [2.24, 2.45) is 0 Å². The minimum atomic E-state index is -0.143. The SMILES string of the molecule is COc1ccc(NCCC(C)(C)OC)cc1OCCO. The van der Waals surface area contributed by atoms with Crippen LogP contribution in [-0.4, -0.2) is 44.7 Å². The first kappa shape index (κ1) is 16.6. The number of hydrogen-bond donors (Lipinski definition) is 2. The zero-order valence-electron chi connectivity index (χ0n) is 12.7. The molecule has 1 aromatic carbocycles. The van der Waals surface area contributed by atoms with Crippen LogP contribution in [0.2, 0.25) is 0 Å². The van der Waals surface area contributed by atoms with Gasteiger partial charge in [0.15, 0.2) is 11.5 Å². The average molecular weight is 283 g/mol. The lowest BCUT2D eigenvalue weighted by Gasteiger charge is -2.23. The van der Waals surface area contributed by atoms with Crippen LogP contribution in [0.15, 0.2) is 18.2 Å². The van der Waals surface area contributed by atoms with Gasteiger partial charge in [-0.2, -0.15) is 0 Å². The van der Waals surface area contributed by atoms with Crippen LogP contribution in [0, 0.1) is 0 Å².